The Kier molecular flexibility index (Phi) is 4.29. The molecule has 0 saturated carbocycles. The maximum Gasteiger partial charge on any atom is 0.126 e. The highest BCUT2D eigenvalue weighted by atomic mass is 79.9. The van der Waals surface area contributed by atoms with Crippen molar-refractivity contribution in [3.8, 4) is 0 Å². The zero-order valence-electron chi connectivity index (χ0n) is 10.5. The van der Waals surface area contributed by atoms with Crippen LogP contribution in [-0.4, -0.2) is 0 Å². The molecule has 0 bridgehead atoms. The first-order valence-corrected chi connectivity index (χ1v) is 7.04. The zero-order chi connectivity index (χ0) is 14.0. The quantitative estimate of drug-likeness (QED) is 0.862. The summed E-state index contributed by atoms with van der Waals surface area (Å²) in [5, 5.41) is 0.660. The monoisotopic (exact) mass is 341 g/mol. The molecule has 0 amide bonds. The number of halogens is 3. The first-order chi connectivity index (χ1) is 8.88. The predicted octanol–water partition coefficient (Wildman–Crippen LogP) is 4.66. The van der Waals surface area contributed by atoms with Crippen molar-refractivity contribution >= 4 is 27.5 Å². The van der Waals surface area contributed by atoms with Crippen LogP contribution < -0.4 is 5.73 Å². The smallest absolute Gasteiger partial charge is 0.126 e. The minimum absolute atomic E-state index is 0.242. The maximum atomic E-state index is 13.8. The molecule has 1 nitrogen and oxygen atoms in total. The summed E-state index contributed by atoms with van der Waals surface area (Å²) in [6.45, 7) is 1.89. The van der Waals surface area contributed by atoms with Crippen LogP contribution >= 0.6 is 27.5 Å². The summed E-state index contributed by atoms with van der Waals surface area (Å²) in [6.07, 6.45) is 0.417. The van der Waals surface area contributed by atoms with Gasteiger partial charge in [0.05, 0.1) is 0 Å². The Labute approximate surface area is 125 Å². The van der Waals surface area contributed by atoms with Crippen LogP contribution in [0.15, 0.2) is 46.9 Å². The SMILES string of the molecule is CC(N)(Cc1cc(Br)ccc1F)c1ccc(Cl)cc1. The fourth-order valence-corrected chi connectivity index (χ4v) is 2.54. The number of nitrogens with two attached hydrogens (primary N) is 1. The lowest BCUT2D eigenvalue weighted by atomic mass is 9.86. The average molecular weight is 343 g/mol. The van der Waals surface area contributed by atoms with E-state index in [9.17, 15) is 4.39 Å². The van der Waals surface area contributed by atoms with Gasteiger partial charge in [-0.15, -0.1) is 0 Å². The fraction of sp³-hybridized carbons (Fsp3) is 0.200. The van der Waals surface area contributed by atoms with Crippen molar-refractivity contribution in [3.63, 3.8) is 0 Å². The number of rotatable bonds is 3. The van der Waals surface area contributed by atoms with Gasteiger partial charge in [-0.3, -0.25) is 0 Å². The molecule has 19 heavy (non-hydrogen) atoms. The molecule has 100 valence electrons. The molecule has 0 heterocycles. The average Bonchev–Trinajstić information content (AvgIpc) is 2.34. The molecule has 1 atom stereocenters. The third-order valence-corrected chi connectivity index (χ3v) is 3.81. The van der Waals surface area contributed by atoms with Crippen molar-refractivity contribution in [2.24, 2.45) is 5.73 Å². The van der Waals surface area contributed by atoms with Crippen LogP contribution in [0.5, 0.6) is 0 Å². The van der Waals surface area contributed by atoms with Gasteiger partial charge in [0.1, 0.15) is 5.82 Å². The van der Waals surface area contributed by atoms with Crippen LogP contribution in [0.2, 0.25) is 5.02 Å². The molecule has 0 aromatic heterocycles. The summed E-state index contributed by atoms with van der Waals surface area (Å²) >= 11 is 9.21. The van der Waals surface area contributed by atoms with Gasteiger partial charge >= 0.3 is 0 Å². The van der Waals surface area contributed by atoms with Crippen molar-refractivity contribution in [2.75, 3.05) is 0 Å². The van der Waals surface area contributed by atoms with E-state index in [1.54, 1.807) is 24.3 Å². The second kappa shape index (κ2) is 5.61. The normalized spacial score (nSPS) is 14.2. The first kappa shape index (κ1) is 14.5. The molecule has 0 spiro atoms. The minimum Gasteiger partial charge on any atom is -0.321 e. The Balaban J connectivity index is 2.30. The molecule has 0 radical (unpaired) electrons. The van der Waals surface area contributed by atoms with E-state index in [1.807, 2.05) is 19.1 Å². The Morgan fingerprint density at radius 3 is 2.47 bits per heavy atom. The van der Waals surface area contributed by atoms with Gasteiger partial charge in [-0.05, 0) is 54.8 Å². The number of benzene rings is 2. The molecule has 2 aromatic rings. The van der Waals surface area contributed by atoms with Gasteiger partial charge in [0.2, 0.25) is 0 Å². The second-order valence-electron chi connectivity index (χ2n) is 4.84. The minimum atomic E-state index is -0.647. The van der Waals surface area contributed by atoms with Crippen LogP contribution in [0, 0.1) is 5.82 Å². The van der Waals surface area contributed by atoms with E-state index in [1.165, 1.54) is 6.07 Å². The highest BCUT2D eigenvalue weighted by Gasteiger charge is 2.23. The third kappa shape index (κ3) is 3.56. The van der Waals surface area contributed by atoms with Crippen LogP contribution in [0.25, 0.3) is 0 Å². The molecule has 0 saturated heterocycles. The molecular weight excluding hydrogens is 329 g/mol. The Morgan fingerprint density at radius 1 is 1.21 bits per heavy atom. The largest absolute Gasteiger partial charge is 0.321 e. The van der Waals surface area contributed by atoms with Gasteiger partial charge in [-0.25, -0.2) is 4.39 Å². The molecule has 4 heteroatoms. The number of hydrogen-bond donors (Lipinski definition) is 1. The van der Waals surface area contributed by atoms with Gasteiger partial charge in [-0.2, -0.15) is 0 Å². The van der Waals surface area contributed by atoms with Crippen molar-refractivity contribution in [1.29, 1.82) is 0 Å². The van der Waals surface area contributed by atoms with Gasteiger partial charge in [0.25, 0.3) is 0 Å². The highest BCUT2D eigenvalue weighted by Crippen LogP contribution is 2.26. The third-order valence-electron chi connectivity index (χ3n) is 3.07. The molecule has 1 unspecified atom stereocenters. The van der Waals surface area contributed by atoms with Crippen molar-refractivity contribution in [3.05, 3.63) is 68.9 Å². The summed E-state index contributed by atoms with van der Waals surface area (Å²) < 4.78 is 14.6. The van der Waals surface area contributed by atoms with Crippen molar-refractivity contribution < 1.29 is 4.39 Å². The summed E-state index contributed by atoms with van der Waals surface area (Å²) in [5.74, 6) is -0.242. The zero-order valence-corrected chi connectivity index (χ0v) is 12.8. The van der Waals surface area contributed by atoms with Crippen molar-refractivity contribution in [2.45, 2.75) is 18.9 Å². The molecule has 2 aromatic carbocycles. The first-order valence-electron chi connectivity index (χ1n) is 5.87. The van der Waals surface area contributed by atoms with E-state index in [-0.39, 0.29) is 5.82 Å². The fourth-order valence-electron chi connectivity index (χ4n) is 2.01. The van der Waals surface area contributed by atoms with Crippen LogP contribution in [-0.2, 0) is 12.0 Å². The second-order valence-corrected chi connectivity index (χ2v) is 6.19. The van der Waals surface area contributed by atoms with E-state index in [0.29, 0.717) is 17.0 Å². The van der Waals surface area contributed by atoms with Crippen LogP contribution in [0.1, 0.15) is 18.1 Å². The van der Waals surface area contributed by atoms with Crippen LogP contribution in [0.3, 0.4) is 0 Å². The lowest BCUT2D eigenvalue weighted by molar-refractivity contribution is 0.475. The molecule has 2 N–H and O–H groups in total. The lowest BCUT2D eigenvalue weighted by Crippen LogP contribution is -2.35. The van der Waals surface area contributed by atoms with E-state index < -0.39 is 5.54 Å². The van der Waals surface area contributed by atoms with E-state index in [2.05, 4.69) is 15.9 Å². The molecule has 0 aliphatic rings. The Morgan fingerprint density at radius 2 is 1.84 bits per heavy atom. The predicted molar refractivity (Wildman–Crippen MR) is 80.8 cm³/mol. The standard InChI is InChI=1S/C15H14BrClFN/c1-15(19,11-2-5-13(17)6-3-11)9-10-8-12(16)4-7-14(10)18/h2-8H,9,19H2,1H3. The Bertz CT molecular complexity index is 581. The van der Waals surface area contributed by atoms with Gasteiger partial charge in [0.15, 0.2) is 0 Å². The van der Waals surface area contributed by atoms with Gasteiger partial charge in [-0.1, -0.05) is 39.7 Å². The van der Waals surface area contributed by atoms with Crippen LogP contribution in [0.4, 0.5) is 4.39 Å². The van der Waals surface area contributed by atoms with E-state index >= 15 is 0 Å². The van der Waals surface area contributed by atoms with Gasteiger partial charge in [0, 0.05) is 15.0 Å². The lowest BCUT2D eigenvalue weighted by Gasteiger charge is -2.26. The summed E-state index contributed by atoms with van der Waals surface area (Å²) in [5.41, 5.74) is 7.19. The summed E-state index contributed by atoms with van der Waals surface area (Å²) in [6, 6.07) is 12.2. The molecule has 0 aliphatic carbocycles. The summed E-state index contributed by atoms with van der Waals surface area (Å²) in [7, 11) is 0. The molecule has 2 rings (SSSR count). The molecule has 0 aliphatic heterocycles. The van der Waals surface area contributed by atoms with E-state index in [0.717, 1.165) is 10.0 Å². The van der Waals surface area contributed by atoms with Crippen molar-refractivity contribution in [1.82, 2.24) is 0 Å². The molecular formula is C15H14BrClFN. The van der Waals surface area contributed by atoms with Gasteiger partial charge < -0.3 is 5.73 Å². The Hall–Kier alpha value is -0.900. The topological polar surface area (TPSA) is 26.0 Å². The van der Waals surface area contributed by atoms with E-state index in [4.69, 9.17) is 17.3 Å². The summed E-state index contributed by atoms with van der Waals surface area (Å²) in [4.78, 5) is 0. The number of hydrogen-bond acceptors (Lipinski definition) is 1. The highest BCUT2D eigenvalue weighted by molar-refractivity contribution is 9.10. The molecule has 0 fully saturated rings. The maximum absolute atomic E-state index is 13.8.